The van der Waals surface area contributed by atoms with Crippen molar-refractivity contribution in [2.24, 2.45) is 0 Å². The van der Waals surface area contributed by atoms with Gasteiger partial charge in [0.15, 0.2) is 0 Å². The van der Waals surface area contributed by atoms with Crippen LogP contribution in [0.25, 0.3) is 0 Å². The van der Waals surface area contributed by atoms with Crippen LogP contribution in [0.1, 0.15) is 12.5 Å². The number of piperazine rings is 1. The van der Waals surface area contributed by atoms with Crippen LogP contribution in [0, 0.1) is 10.1 Å². The number of rotatable bonds is 5. The normalized spacial score (nSPS) is 15.6. The molecule has 1 aromatic carbocycles. The maximum Gasteiger partial charge on any atom is 0.302 e. The predicted molar refractivity (Wildman–Crippen MR) is 83.1 cm³/mol. The second-order valence-electron chi connectivity index (χ2n) is 5.45. The Morgan fingerprint density at radius 2 is 2.00 bits per heavy atom. The molecule has 120 valence electrons. The van der Waals surface area contributed by atoms with Crippen LogP contribution in [0.3, 0.4) is 0 Å². The van der Waals surface area contributed by atoms with Gasteiger partial charge in [-0.3, -0.25) is 14.9 Å². The fraction of sp³-hybridized carbons (Fsp3) is 0.533. The largest absolute Gasteiger partial charge is 0.466 e. The van der Waals surface area contributed by atoms with Crippen LogP contribution in [-0.4, -0.2) is 55.6 Å². The summed E-state index contributed by atoms with van der Waals surface area (Å²) >= 11 is 0. The number of nitro groups is 1. The number of benzene rings is 1. The van der Waals surface area contributed by atoms with Gasteiger partial charge < -0.3 is 14.5 Å². The molecule has 0 unspecified atom stereocenters. The third kappa shape index (κ3) is 4.17. The SMILES string of the molecule is CC(=O)OCCc1cc(N2CCN(C)CC2)ccc1[N+](=O)[O-]. The minimum atomic E-state index is -0.392. The number of carbonyl (C=O) groups is 1. The Kier molecular flexibility index (Phi) is 5.32. The fourth-order valence-electron chi connectivity index (χ4n) is 2.52. The molecule has 0 aliphatic carbocycles. The van der Waals surface area contributed by atoms with Crippen molar-refractivity contribution in [3.63, 3.8) is 0 Å². The molecule has 0 saturated carbocycles. The van der Waals surface area contributed by atoms with Gasteiger partial charge in [0.25, 0.3) is 5.69 Å². The lowest BCUT2D eigenvalue weighted by Gasteiger charge is -2.34. The molecule has 1 aliphatic rings. The molecule has 0 bridgehead atoms. The standard InChI is InChI=1S/C15H21N3O4/c1-12(19)22-10-5-13-11-14(3-4-15(13)18(20)21)17-8-6-16(2)7-9-17/h3-4,11H,5-10H2,1-2H3. The number of nitrogens with zero attached hydrogens (tertiary/aromatic N) is 3. The predicted octanol–water partition coefficient (Wildman–Crippen LogP) is 1.45. The van der Waals surface area contributed by atoms with Gasteiger partial charge in [0.05, 0.1) is 11.5 Å². The molecule has 1 aromatic rings. The van der Waals surface area contributed by atoms with Crippen LogP contribution in [0.5, 0.6) is 0 Å². The maximum atomic E-state index is 11.1. The zero-order valence-corrected chi connectivity index (χ0v) is 12.9. The Bertz CT molecular complexity index is 554. The van der Waals surface area contributed by atoms with Gasteiger partial charge in [-0.2, -0.15) is 0 Å². The summed E-state index contributed by atoms with van der Waals surface area (Å²) in [5.74, 6) is -0.377. The highest BCUT2D eigenvalue weighted by Crippen LogP contribution is 2.26. The molecule has 0 N–H and O–H groups in total. The first-order valence-corrected chi connectivity index (χ1v) is 7.31. The quantitative estimate of drug-likeness (QED) is 0.465. The highest BCUT2D eigenvalue weighted by Gasteiger charge is 2.19. The van der Waals surface area contributed by atoms with Crippen LogP contribution in [0.15, 0.2) is 18.2 Å². The fourth-order valence-corrected chi connectivity index (χ4v) is 2.52. The molecule has 0 amide bonds. The summed E-state index contributed by atoms with van der Waals surface area (Å²) in [5, 5.41) is 11.1. The van der Waals surface area contributed by atoms with E-state index in [2.05, 4.69) is 16.8 Å². The van der Waals surface area contributed by atoms with Gasteiger partial charge >= 0.3 is 5.97 Å². The summed E-state index contributed by atoms with van der Waals surface area (Å²) in [6, 6.07) is 5.17. The highest BCUT2D eigenvalue weighted by molar-refractivity contribution is 5.66. The van der Waals surface area contributed by atoms with Gasteiger partial charge in [0.1, 0.15) is 0 Å². The highest BCUT2D eigenvalue weighted by atomic mass is 16.6. The first kappa shape index (κ1) is 16.2. The monoisotopic (exact) mass is 307 g/mol. The number of ether oxygens (including phenoxy) is 1. The number of anilines is 1. The molecule has 2 rings (SSSR count). The average Bonchev–Trinajstić information content (AvgIpc) is 2.47. The lowest BCUT2D eigenvalue weighted by molar-refractivity contribution is -0.385. The van der Waals surface area contributed by atoms with E-state index in [1.165, 1.54) is 13.0 Å². The smallest absolute Gasteiger partial charge is 0.302 e. The van der Waals surface area contributed by atoms with Crippen molar-refractivity contribution in [2.75, 3.05) is 44.7 Å². The molecular weight excluding hydrogens is 286 g/mol. The number of carbonyl (C=O) groups excluding carboxylic acids is 1. The van der Waals surface area contributed by atoms with E-state index in [0.717, 1.165) is 31.9 Å². The maximum absolute atomic E-state index is 11.1. The molecule has 1 aliphatic heterocycles. The van der Waals surface area contributed by atoms with Crippen molar-refractivity contribution in [2.45, 2.75) is 13.3 Å². The van der Waals surface area contributed by atoms with Gasteiger partial charge in [-0.05, 0) is 19.2 Å². The Labute approximate surface area is 129 Å². The summed E-state index contributed by atoms with van der Waals surface area (Å²) in [4.78, 5) is 26.0. The average molecular weight is 307 g/mol. The van der Waals surface area contributed by atoms with Crippen LogP contribution < -0.4 is 4.90 Å². The Morgan fingerprint density at radius 3 is 2.59 bits per heavy atom. The summed E-state index contributed by atoms with van der Waals surface area (Å²) in [6.07, 6.45) is 0.345. The molecule has 0 spiro atoms. The third-order valence-electron chi connectivity index (χ3n) is 3.80. The molecular formula is C15H21N3O4. The van der Waals surface area contributed by atoms with Crippen molar-refractivity contribution >= 4 is 17.3 Å². The van der Waals surface area contributed by atoms with E-state index >= 15 is 0 Å². The Hall–Kier alpha value is -2.15. The molecule has 1 heterocycles. The first-order valence-electron chi connectivity index (χ1n) is 7.31. The minimum Gasteiger partial charge on any atom is -0.466 e. The van der Waals surface area contributed by atoms with Crippen molar-refractivity contribution in [1.29, 1.82) is 0 Å². The molecule has 1 saturated heterocycles. The molecule has 0 atom stereocenters. The molecule has 7 nitrogen and oxygen atoms in total. The topological polar surface area (TPSA) is 75.9 Å². The summed E-state index contributed by atoms with van der Waals surface area (Å²) in [5.41, 5.74) is 1.66. The van der Waals surface area contributed by atoms with E-state index in [0.29, 0.717) is 12.0 Å². The van der Waals surface area contributed by atoms with Gasteiger partial charge in [-0.25, -0.2) is 0 Å². The first-order chi connectivity index (χ1) is 10.5. The molecule has 22 heavy (non-hydrogen) atoms. The number of hydrogen-bond donors (Lipinski definition) is 0. The third-order valence-corrected chi connectivity index (χ3v) is 3.80. The molecule has 0 radical (unpaired) electrons. The van der Waals surface area contributed by atoms with E-state index in [1.54, 1.807) is 6.07 Å². The van der Waals surface area contributed by atoms with E-state index < -0.39 is 4.92 Å². The van der Waals surface area contributed by atoms with Crippen molar-refractivity contribution < 1.29 is 14.5 Å². The summed E-state index contributed by atoms with van der Waals surface area (Å²) in [7, 11) is 2.08. The number of esters is 1. The van der Waals surface area contributed by atoms with Crippen LogP contribution in [0.4, 0.5) is 11.4 Å². The molecule has 7 heteroatoms. The second kappa shape index (κ2) is 7.22. The zero-order chi connectivity index (χ0) is 16.1. The van der Waals surface area contributed by atoms with Crippen molar-refractivity contribution in [1.82, 2.24) is 4.90 Å². The number of hydrogen-bond acceptors (Lipinski definition) is 6. The van der Waals surface area contributed by atoms with Gasteiger partial charge in [-0.1, -0.05) is 0 Å². The molecule has 1 fully saturated rings. The molecule has 0 aromatic heterocycles. The van der Waals surface area contributed by atoms with Crippen LogP contribution in [0.2, 0.25) is 0 Å². The van der Waals surface area contributed by atoms with Crippen molar-refractivity contribution in [3.8, 4) is 0 Å². The summed E-state index contributed by atoms with van der Waals surface area (Å²) in [6.45, 7) is 5.23. The van der Waals surface area contributed by atoms with Crippen LogP contribution >= 0.6 is 0 Å². The van der Waals surface area contributed by atoms with E-state index in [-0.39, 0.29) is 18.3 Å². The van der Waals surface area contributed by atoms with Gasteiger partial charge in [0.2, 0.25) is 0 Å². The zero-order valence-electron chi connectivity index (χ0n) is 12.9. The second-order valence-corrected chi connectivity index (χ2v) is 5.45. The minimum absolute atomic E-state index is 0.0741. The van der Waals surface area contributed by atoms with Gasteiger partial charge in [0, 0.05) is 56.8 Å². The Balaban J connectivity index is 2.15. The van der Waals surface area contributed by atoms with E-state index in [9.17, 15) is 14.9 Å². The van der Waals surface area contributed by atoms with Gasteiger partial charge in [-0.15, -0.1) is 0 Å². The van der Waals surface area contributed by atoms with E-state index in [1.807, 2.05) is 6.07 Å². The number of nitro benzene ring substituents is 1. The van der Waals surface area contributed by atoms with E-state index in [4.69, 9.17) is 4.74 Å². The lowest BCUT2D eigenvalue weighted by Crippen LogP contribution is -2.44. The number of likely N-dealkylation sites (N-methyl/N-ethyl adjacent to an activating group) is 1. The summed E-state index contributed by atoms with van der Waals surface area (Å²) < 4.78 is 4.90. The van der Waals surface area contributed by atoms with Crippen LogP contribution in [-0.2, 0) is 16.0 Å². The lowest BCUT2D eigenvalue weighted by atomic mass is 10.1. The van der Waals surface area contributed by atoms with Crippen molar-refractivity contribution in [3.05, 3.63) is 33.9 Å². The Morgan fingerprint density at radius 1 is 1.32 bits per heavy atom.